The average molecular weight is 340 g/mol. The van der Waals surface area contributed by atoms with Gasteiger partial charge < -0.3 is 10.4 Å². The first kappa shape index (κ1) is 16.8. The first-order chi connectivity index (χ1) is 12.1. The second-order valence-corrected chi connectivity index (χ2v) is 5.57. The number of nitrogens with zero attached hydrogens (tertiary/aromatic N) is 3. The Hall–Kier alpha value is -3.06. The van der Waals surface area contributed by atoms with Crippen LogP contribution < -0.4 is 5.32 Å². The highest BCUT2D eigenvalue weighted by molar-refractivity contribution is 5.91. The molecule has 0 bridgehead atoms. The number of aromatic nitrogens is 3. The Morgan fingerprint density at radius 2 is 2.00 bits per heavy atom. The summed E-state index contributed by atoms with van der Waals surface area (Å²) in [5.41, 5.74) is 1.57. The summed E-state index contributed by atoms with van der Waals surface area (Å²) in [6, 6.07) is 15.2. The van der Waals surface area contributed by atoms with Crippen molar-refractivity contribution < 1.29 is 14.3 Å². The molecule has 0 spiro atoms. The largest absolute Gasteiger partial charge is 0.387 e. The number of carbonyl (C=O) groups is 1. The predicted molar refractivity (Wildman–Crippen MR) is 89.3 cm³/mol. The van der Waals surface area contributed by atoms with Crippen molar-refractivity contribution >= 4 is 5.91 Å². The summed E-state index contributed by atoms with van der Waals surface area (Å²) in [6.07, 6.45) is 0.683. The zero-order valence-corrected chi connectivity index (χ0v) is 13.3. The molecule has 0 saturated carbocycles. The van der Waals surface area contributed by atoms with Crippen LogP contribution in [-0.4, -0.2) is 32.6 Å². The molecule has 3 rings (SSSR count). The molecule has 128 valence electrons. The van der Waals surface area contributed by atoms with Crippen LogP contribution in [0.1, 0.15) is 27.7 Å². The first-order valence-corrected chi connectivity index (χ1v) is 7.77. The van der Waals surface area contributed by atoms with E-state index in [1.165, 1.54) is 23.0 Å². The third-order valence-corrected chi connectivity index (χ3v) is 3.65. The van der Waals surface area contributed by atoms with Gasteiger partial charge in [-0.05, 0) is 23.3 Å². The van der Waals surface area contributed by atoms with E-state index >= 15 is 0 Å². The summed E-state index contributed by atoms with van der Waals surface area (Å²) in [6.45, 7) is 0.379. The quantitative estimate of drug-likeness (QED) is 0.718. The molecular formula is C18H17FN4O2. The number of aliphatic hydroxyl groups is 1. The molecule has 25 heavy (non-hydrogen) atoms. The highest BCUT2D eigenvalue weighted by atomic mass is 19.1. The van der Waals surface area contributed by atoms with E-state index in [0.717, 1.165) is 11.1 Å². The Kier molecular flexibility index (Phi) is 5.15. The smallest absolute Gasteiger partial charge is 0.273 e. The van der Waals surface area contributed by atoms with Gasteiger partial charge in [-0.3, -0.25) is 4.79 Å². The molecule has 1 heterocycles. The minimum Gasteiger partial charge on any atom is -0.387 e. The summed E-state index contributed by atoms with van der Waals surface area (Å²) in [5.74, 6) is -0.758. The molecule has 0 saturated heterocycles. The number of hydrogen-bond donors (Lipinski definition) is 2. The van der Waals surface area contributed by atoms with Gasteiger partial charge in [-0.15, -0.1) is 5.10 Å². The van der Waals surface area contributed by atoms with Crippen molar-refractivity contribution in [3.05, 3.63) is 83.4 Å². The van der Waals surface area contributed by atoms with Crippen LogP contribution in [-0.2, 0) is 6.54 Å². The zero-order valence-electron chi connectivity index (χ0n) is 13.3. The van der Waals surface area contributed by atoms with Gasteiger partial charge in [0.2, 0.25) is 0 Å². The number of hydrogen-bond acceptors (Lipinski definition) is 4. The van der Waals surface area contributed by atoms with Crippen molar-refractivity contribution in [1.82, 2.24) is 20.3 Å². The fourth-order valence-corrected chi connectivity index (χ4v) is 2.38. The molecule has 0 radical (unpaired) electrons. The van der Waals surface area contributed by atoms with Gasteiger partial charge in [0.05, 0.1) is 18.8 Å². The monoisotopic (exact) mass is 340 g/mol. The molecule has 1 aromatic heterocycles. The third kappa shape index (κ3) is 4.48. The number of aliphatic hydroxyl groups excluding tert-OH is 1. The molecular weight excluding hydrogens is 323 g/mol. The zero-order chi connectivity index (χ0) is 17.6. The minimum absolute atomic E-state index is 0.0691. The maximum atomic E-state index is 13.2. The highest BCUT2D eigenvalue weighted by Crippen LogP contribution is 2.11. The topological polar surface area (TPSA) is 80.0 Å². The van der Waals surface area contributed by atoms with Crippen molar-refractivity contribution in [3.63, 3.8) is 0 Å². The van der Waals surface area contributed by atoms with E-state index in [1.54, 1.807) is 24.3 Å². The van der Waals surface area contributed by atoms with Crippen molar-refractivity contribution in [2.75, 3.05) is 6.54 Å². The normalized spacial score (nSPS) is 11.9. The van der Waals surface area contributed by atoms with Gasteiger partial charge in [0.25, 0.3) is 5.91 Å². The van der Waals surface area contributed by atoms with E-state index in [4.69, 9.17) is 0 Å². The van der Waals surface area contributed by atoms with Crippen LogP contribution in [0.3, 0.4) is 0 Å². The Morgan fingerprint density at radius 3 is 2.76 bits per heavy atom. The molecule has 0 fully saturated rings. The van der Waals surface area contributed by atoms with E-state index in [0.29, 0.717) is 6.54 Å². The lowest BCUT2D eigenvalue weighted by Crippen LogP contribution is -2.28. The lowest BCUT2D eigenvalue weighted by atomic mass is 10.1. The molecule has 1 atom stereocenters. The number of halogens is 1. The molecule has 0 aliphatic heterocycles. The number of carbonyl (C=O) groups excluding carboxylic acids is 1. The van der Waals surface area contributed by atoms with Gasteiger partial charge in [0, 0.05) is 6.54 Å². The molecule has 2 N–H and O–H groups in total. The van der Waals surface area contributed by atoms with Gasteiger partial charge in [-0.1, -0.05) is 47.7 Å². The van der Waals surface area contributed by atoms with Crippen LogP contribution in [0.25, 0.3) is 0 Å². The van der Waals surface area contributed by atoms with E-state index in [-0.39, 0.29) is 18.1 Å². The van der Waals surface area contributed by atoms with E-state index in [2.05, 4.69) is 15.6 Å². The highest BCUT2D eigenvalue weighted by Gasteiger charge is 2.13. The fraction of sp³-hybridized carbons (Fsp3) is 0.167. The predicted octanol–water partition coefficient (Wildman–Crippen LogP) is 1.93. The Bertz CT molecular complexity index is 851. The van der Waals surface area contributed by atoms with Gasteiger partial charge in [-0.25, -0.2) is 9.07 Å². The molecule has 0 aliphatic carbocycles. The van der Waals surface area contributed by atoms with E-state index in [9.17, 15) is 14.3 Å². The molecule has 3 aromatic rings. The third-order valence-electron chi connectivity index (χ3n) is 3.65. The van der Waals surface area contributed by atoms with Crippen LogP contribution in [0, 0.1) is 5.82 Å². The van der Waals surface area contributed by atoms with E-state index < -0.39 is 12.0 Å². The van der Waals surface area contributed by atoms with Crippen LogP contribution in [0.15, 0.2) is 60.8 Å². The second kappa shape index (κ2) is 7.67. The Labute approximate surface area is 143 Å². The van der Waals surface area contributed by atoms with Crippen molar-refractivity contribution in [2.24, 2.45) is 0 Å². The number of nitrogens with one attached hydrogen (secondary N) is 1. The van der Waals surface area contributed by atoms with Crippen molar-refractivity contribution in [2.45, 2.75) is 12.6 Å². The lowest BCUT2D eigenvalue weighted by Gasteiger charge is -2.11. The van der Waals surface area contributed by atoms with Gasteiger partial charge >= 0.3 is 0 Å². The summed E-state index contributed by atoms with van der Waals surface area (Å²) >= 11 is 0. The van der Waals surface area contributed by atoms with Crippen molar-refractivity contribution in [1.29, 1.82) is 0 Å². The molecule has 0 unspecified atom stereocenters. The summed E-state index contributed by atoms with van der Waals surface area (Å²) in [4.78, 5) is 12.1. The molecule has 6 nitrogen and oxygen atoms in total. The minimum atomic E-state index is -0.799. The van der Waals surface area contributed by atoms with Crippen LogP contribution >= 0.6 is 0 Å². The lowest BCUT2D eigenvalue weighted by molar-refractivity contribution is 0.0911. The summed E-state index contributed by atoms with van der Waals surface area (Å²) < 4.78 is 14.6. The SMILES string of the molecule is O=C(NC[C@H](O)c1ccccc1)c1cn(Cc2cccc(F)c2)nn1. The Morgan fingerprint density at radius 1 is 1.20 bits per heavy atom. The standard InChI is InChI=1S/C18H17FN4O2/c19-15-8-4-5-13(9-15)11-23-12-16(21-22-23)18(25)20-10-17(24)14-6-2-1-3-7-14/h1-9,12,17,24H,10-11H2,(H,20,25)/t17-/m0/s1. The maximum Gasteiger partial charge on any atom is 0.273 e. The van der Waals surface area contributed by atoms with Gasteiger partial charge in [-0.2, -0.15) is 0 Å². The number of rotatable bonds is 6. The first-order valence-electron chi connectivity index (χ1n) is 7.77. The van der Waals surface area contributed by atoms with Crippen molar-refractivity contribution in [3.8, 4) is 0 Å². The second-order valence-electron chi connectivity index (χ2n) is 5.57. The maximum absolute atomic E-state index is 13.2. The van der Waals surface area contributed by atoms with Gasteiger partial charge in [0.15, 0.2) is 5.69 Å². The average Bonchev–Trinajstić information content (AvgIpc) is 3.08. The summed E-state index contributed by atoms with van der Waals surface area (Å²) in [7, 11) is 0. The molecule has 2 aromatic carbocycles. The van der Waals surface area contributed by atoms with Crippen LogP contribution in [0.5, 0.6) is 0 Å². The van der Waals surface area contributed by atoms with Crippen LogP contribution in [0.4, 0.5) is 4.39 Å². The number of amides is 1. The van der Waals surface area contributed by atoms with Crippen LogP contribution in [0.2, 0.25) is 0 Å². The molecule has 1 amide bonds. The molecule has 7 heteroatoms. The Balaban J connectivity index is 1.57. The van der Waals surface area contributed by atoms with Gasteiger partial charge in [0.1, 0.15) is 5.82 Å². The molecule has 0 aliphatic rings. The summed E-state index contributed by atoms with van der Waals surface area (Å²) in [5, 5.41) is 20.3. The van der Waals surface area contributed by atoms with E-state index in [1.807, 2.05) is 18.2 Å². The fourth-order valence-electron chi connectivity index (χ4n) is 2.38. The number of benzene rings is 2.